The Morgan fingerprint density at radius 2 is 1.75 bits per heavy atom. The molecule has 0 amide bonds. The van der Waals surface area contributed by atoms with Gasteiger partial charge >= 0.3 is 64.2 Å². The first-order valence-electron chi connectivity index (χ1n) is 3.23. The molecule has 0 saturated heterocycles. The molecule has 0 unspecified atom stereocenters. The standard InChI is InChI=1S/C6H12Se2/c7-8-6-4-2-1-3-5-6/h6-7H,1-5H2. The molecule has 0 nitrogen and oxygen atoms in total. The summed E-state index contributed by atoms with van der Waals surface area (Å²) < 4.78 is 0. The van der Waals surface area contributed by atoms with Gasteiger partial charge in [-0.25, -0.2) is 0 Å². The van der Waals surface area contributed by atoms with Crippen LogP contribution in [0.25, 0.3) is 0 Å². The molecule has 0 aromatic carbocycles. The van der Waals surface area contributed by atoms with Crippen molar-refractivity contribution in [3.05, 3.63) is 0 Å². The summed E-state index contributed by atoms with van der Waals surface area (Å²) in [6, 6.07) is 0. The minimum atomic E-state index is 0.882. The second-order valence-electron chi connectivity index (χ2n) is 2.37. The molecule has 0 atom stereocenters. The Kier molecular flexibility index (Phi) is 3.53. The van der Waals surface area contributed by atoms with Crippen molar-refractivity contribution in [1.29, 1.82) is 0 Å². The molecule has 1 aliphatic carbocycles. The second-order valence-corrected chi connectivity index (χ2v) is 6.50. The maximum atomic E-state index is 2.78. The Morgan fingerprint density at radius 3 is 2.12 bits per heavy atom. The molecule has 0 aromatic heterocycles. The third-order valence-electron chi connectivity index (χ3n) is 1.70. The van der Waals surface area contributed by atoms with E-state index in [0.29, 0.717) is 0 Å². The summed E-state index contributed by atoms with van der Waals surface area (Å²) in [6.45, 7) is 0. The van der Waals surface area contributed by atoms with Gasteiger partial charge in [-0.1, -0.05) is 0 Å². The zero-order valence-corrected chi connectivity index (χ0v) is 8.56. The summed E-state index contributed by atoms with van der Waals surface area (Å²) in [4.78, 5) is 1.12. The van der Waals surface area contributed by atoms with Crippen LogP contribution < -0.4 is 0 Å². The van der Waals surface area contributed by atoms with Crippen molar-refractivity contribution in [2.45, 2.75) is 36.9 Å². The first kappa shape index (κ1) is 7.15. The van der Waals surface area contributed by atoms with E-state index in [1.807, 2.05) is 0 Å². The van der Waals surface area contributed by atoms with Gasteiger partial charge in [-0.05, 0) is 0 Å². The molecule has 8 heavy (non-hydrogen) atoms. The number of rotatable bonds is 1. The topological polar surface area (TPSA) is 0 Å². The summed E-state index contributed by atoms with van der Waals surface area (Å²) in [7, 11) is 0. The molecule has 0 aromatic rings. The van der Waals surface area contributed by atoms with E-state index in [9.17, 15) is 0 Å². The van der Waals surface area contributed by atoms with Crippen molar-refractivity contribution in [2.24, 2.45) is 0 Å². The summed E-state index contributed by atoms with van der Waals surface area (Å²) in [6.07, 6.45) is 7.55. The van der Waals surface area contributed by atoms with Crippen LogP contribution in [-0.2, 0) is 0 Å². The number of hydrogen-bond donors (Lipinski definition) is 0. The third kappa shape index (κ3) is 2.11. The first-order valence-corrected chi connectivity index (χ1v) is 8.97. The van der Waals surface area contributed by atoms with Crippen molar-refractivity contribution >= 4 is 27.3 Å². The molecule has 1 aliphatic rings. The molecule has 1 fully saturated rings. The van der Waals surface area contributed by atoms with E-state index in [4.69, 9.17) is 0 Å². The van der Waals surface area contributed by atoms with Crippen LogP contribution in [0.1, 0.15) is 32.1 Å². The Morgan fingerprint density at radius 1 is 1.12 bits per heavy atom. The van der Waals surface area contributed by atoms with Crippen LogP contribution in [0, 0.1) is 0 Å². The van der Waals surface area contributed by atoms with Gasteiger partial charge in [-0.2, -0.15) is 0 Å². The van der Waals surface area contributed by atoms with Gasteiger partial charge in [0.15, 0.2) is 0 Å². The van der Waals surface area contributed by atoms with E-state index in [0.717, 1.165) is 17.9 Å². The summed E-state index contributed by atoms with van der Waals surface area (Å²) in [5.74, 6) is 0. The molecule has 0 N–H and O–H groups in total. The van der Waals surface area contributed by atoms with Crippen LogP contribution in [0.15, 0.2) is 0 Å². The Hall–Kier alpha value is 1.04. The normalized spacial score (nSPS) is 23.6. The van der Waals surface area contributed by atoms with E-state index in [1.54, 1.807) is 0 Å². The quantitative estimate of drug-likeness (QED) is 0.607. The molecule has 0 bridgehead atoms. The molecule has 0 heterocycles. The molecular formula is C6H12Se2. The van der Waals surface area contributed by atoms with E-state index in [2.05, 4.69) is 14.2 Å². The zero-order valence-electron chi connectivity index (χ0n) is 4.97. The predicted molar refractivity (Wildman–Crippen MR) is 39.7 cm³/mol. The van der Waals surface area contributed by atoms with Gasteiger partial charge in [0, 0.05) is 0 Å². The van der Waals surface area contributed by atoms with Crippen molar-refractivity contribution in [3.8, 4) is 0 Å². The maximum absolute atomic E-state index is 2.78. The van der Waals surface area contributed by atoms with Crippen LogP contribution in [0.5, 0.6) is 0 Å². The first-order chi connectivity index (χ1) is 3.93. The fourth-order valence-electron chi connectivity index (χ4n) is 1.17. The fraction of sp³-hybridized carbons (Fsp3) is 1.00. The van der Waals surface area contributed by atoms with Gasteiger partial charge in [0.25, 0.3) is 0 Å². The van der Waals surface area contributed by atoms with Crippen LogP contribution in [0.4, 0.5) is 0 Å². The molecule has 0 spiro atoms. The van der Waals surface area contributed by atoms with Gasteiger partial charge in [0.1, 0.15) is 0 Å². The van der Waals surface area contributed by atoms with Crippen LogP contribution in [0.2, 0.25) is 4.82 Å². The average Bonchev–Trinajstić information content (AvgIpc) is 1.90. The Labute approximate surface area is 64.3 Å². The van der Waals surface area contributed by atoms with Gasteiger partial charge in [-0.15, -0.1) is 0 Å². The fourth-order valence-corrected chi connectivity index (χ4v) is 4.61. The van der Waals surface area contributed by atoms with Gasteiger partial charge in [-0.3, -0.25) is 0 Å². The van der Waals surface area contributed by atoms with Crippen LogP contribution in [-0.4, -0.2) is 27.3 Å². The van der Waals surface area contributed by atoms with Crippen molar-refractivity contribution in [3.63, 3.8) is 0 Å². The molecule has 2 heteroatoms. The van der Waals surface area contributed by atoms with Gasteiger partial charge in [0.2, 0.25) is 0 Å². The SMILES string of the molecule is [SeH][Se]C1CCCCC1. The Balaban J connectivity index is 2.13. The molecule has 1 saturated carbocycles. The summed E-state index contributed by atoms with van der Waals surface area (Å²) in [5.41, 5.74) is 0. The van der Waals surface area contributed by atoms with E-state index in [-0.39, 0.29) is 0 Å². The third-order valence-corrected chi connectivity index (χ3v) is 6.57. The minimum absolute atomic E-state index is 0.882. The van der Waals surface area contributed by atoms with Gasteiger partial charge in [0.05, 0.1) is 0 Å². The second kappa shape index (κ2) is 3.95. The molecule has 1 rings (SSSR count). The average molecular weight is 242 g/mol. The molecular weight excluding hydrogens is 230 g/mol. The number of hydrogen-bond acceptors (Lipinski definition) is 0. The summed E-state index contributed by atoms with van der Waals surface area (Å²) in [5, 5.41) is 0. The van der Waals surface area contributed by atoms with Crippen molar-refractivity contribution in [1.82, 2.24) is 0 Å². The predicted octanol–water partition coefficient (Wildman–Crippen LogP) is 1.26. The van der Waals surface area contributed by atoms with E-state index in [1.165, 1.54) is 32.1 Å². The zero-order chi connectivity index (χ0) is 5.82. The summed E-state index contributed by atoms with van der Waals surface area (Å²) >= 11 is 3.66. The molecule has 0 radical (unpaired) electrons. The molecule has 0 aliphatic heterocycles. The van der Waals surface area contributed by atoms with Crippen LogP contribution >= 0.6 is 0 Å². The van der Waals surface area contributed by atoms with E-state index >= 15 is 0 Å². The van der Waals surface area contributed by atoms with Gasteiger partial charge < -0.3 is 0 Å². The van der Waals surface area contributed by atoms with Crippen molar-refractivity contribution in [2.75, 3.05) is 0 Å². The van der Waals surface area contributed by atoms with Crippen LogP contribution in [0.3, 0.4) is 0 Å². The van der Waals surface area contributed by atoms with E-state index < -0.39 is 0 Å². The molecule has 48 valence electrons. The monoisotopic (exact) mass is 244 g/mol. The van der Waals surface area contributed by atoms with Crippen molar-refractivity contribution < 1.29 is 0 Å². The Bertz CT molecular complexity index is 57.5.